The minimum atomic E-state index is -1.22. The predicted molar refractivity (Wildman–Crippen MR) is 49.7 cm³/mol. The third-order valence-electron chi connectivity index (χ3n) is 2.09. The van der Waals surface area contributed by atoms with Crippen LogP contribution in [0.15, 0.2) is 18.2 Å². The van der Waals surface area contributed by atoms with Crippen molar-refractivity contribution in [2.75, 3.05) is 0 Å². The highest BCUT2D eigenvalue weighted by molar-refractivity contribution is 5.32. The van der Waals surface area contributed by atoms with Gasteiger partial charge in [0.05, 0.1) is 0 Å². The Morgan fingerprint density at radius 2 is 1.83 bits per heavy atom. The van der Waals surface area contributed by atoms with Crippen molar-refractivity contribution in [2.45, 2.75) is 26.5 Å². The monoisotopic (exact) mass is 165 g/mol. The van der Waals surface area contributed by atoms with Crippen molar-refractivity contribution in [3.63, 3.8) is 0 Å². The molecule has 0 radical (unpaired) electrons. The molecule has 0 saturated carbocycles. The first-order valence-electron chi connectivity index (χ1n) is 4.00. The molecule has 2 nitrogen and oxygen atoms in total. The molecule has 0 saturated heterocycles. The molecule has 0 aliphatic carbocycles. The van der Waals surface area contributed by atoms with Crippen LogP contribution in [0.1, 0.15) is 23.6 Å². The van der Waals surface area contributed by atoms with E-state index in [1.165, 1.54) is 5.56 Å². The van der Waals surface area contributed by atoms with Crippen molar-refractivity contribution < 1.29 is 5.11 Å². The van der Waals surface area contributed by atoms with Crippen LogP contribution in [0.25, 0.3) is 0 Å². The van der Waals surface area contributed by atoms with Gasteiger partial charge in [0.2, 0.25) is 0 Å². The van der Waals surface area contributed by atoms with Gasteiger partial charge in [0.15, 0.2) is 0 Å². The zero-order valence-electron chi connectivity index (χ0n) is 7.76. The Morgan fingerprint density at radius 1 is 1.25 bits per heavy atom. The average Bonchev–Trinajstić information content (AvgIpc) is 1.92. The summed E-state index contributed by atoms with van der Waals surface area (Å²) in [7, 11) is 0. The third kappa shape index (κ3) is 1.84. The van der Waals surface area contributed by atoms with Crippen LogP contribution in [0.5, 0.6) is 0 Å². The van der Waals surface area contributed by atoms with Gasteiger partial charge in [-0.25, -0.2) is 0 Å². The van der Waals surface area contributed by atoms with Crippen LogP contribution in [0.4, 0.5) is 0 Å². The summed E-state index contributed by atoms with van der Waals surface area (Å²) in [5.74, 6) is 0. The molecule has 0 fully saturated rings. The van der Waals surface area contributed by atoms with Crippen LogP contribution in [0, 0.1) is 13.8 Å². The Bertz CT molecular complexity index is 286. The van der Waals surface area contributed by atoms with E-state index < -0.39 is 5.72 Å². The molecule has 3 N–H and O–H groups in total. The lowest BCUT2D eigenvalue weighted by molar-refractivity contribution is 0.0646. The Kier molecular flexibility index (Phi) is 2.22. The summed E-state index contributed by atoms with van der Waals surface area (Å²) in [5.41, 5.74) is 7.42. The predicted octanol–water partition coefficient (Wildman–Crippen LogP) is 1.43. The first kappa shape index (κ1) is 9.23. The summed E-state index contributed by atoms with van der Waals surface area (Å²) >= 11 is 0. The molecule has 1 aromatic rings. The number of nitrogens with two attached hydrogens (primary N) is 1. The largest absolute Gasteiger partial charge is 0.372 e. The summed E-state index contributed by atoms with van der Waals surface area (Å²) in [6.07, 6.45) is 0. The second kappa shape index (κ2) is 2.88. The number of aryl methyl sites for hydroxylation is 2. The maximum Gasteiger partial charge on any atom is 0.136 e. The lowest BCUT2D eigenvalue weighted by Gasteiger charge is -2.18. The highest BCUT2D eigenvalue weighted by Crippen LogP contribution is 2.17. The summed E-state index contributed by atoms with van der Waals surface area (Å²) in [5, 5.41) is 9.48. The average molecular weight is 165 g/mol. The van der Waals surface area contributed by atoms with E-state index in [9.17, 15) is 5.11 Å². The molecule has 1 aromatic carbocycles. The van der Waals surface area contributed by atoms with E-state index in [-0.39, 0.29) is 0 Å². The van der Waals surface area contributed by atoms with Gasteiger partial charge in [0, 0.05) is 0 Å². The smallest absolute Gasteiger partial charge is 0.136 e. The lowest BCUT2D eigenvalue weighted by atomic mass is 10.0. The van der Waals surface area contributed by atoms with E-state index in [1.54, 1.807) is 6.92 Å². The van der Waals surface area contributed by atoms with Gasteiger partial charge in [-0.15, -0.1) is 0 Å². The fraction of sp³-hybridized carbons (Fsp3) is 0.400. The molecule has 0 aromatic heterocycles. The minimum Gasteiger partial charge on any atom is -0.372 e. The Hall–Kier alpha value is -0.860. The second-order valence-electron chi connectivity index (χ2n) is 3.45. The van der Waals surface area contributed by atoms with Gasteiger partial charge in [0.1, 0.15) is 5.72 Å². The van der Waals surface area contributed by atoms with Gasteiger partial charge < -0.3 is 10.8 Å². The maximum absolute atomic E-state index is 9.48. The number of rotatable bonds is 1. The van der Waals surface area contributed by atoms with Gasteiger partial charge in [-0.3, -0.25) is 0 Å². The molecule has 1 rings (SSSR count). The number of hydrogen-bond donors (Lipinski definition) is 2. The van der Waals surface area contributed by atoms with Crippen molar-refractivity contribution in [3.05, 3.63) is 34.9 Å². The molecule has 66 valence electrons. The molecule has 0 bridgehead atoms. The van der Waals surface area contributed by atoms with Crippen LogP contribution in [0.2, 0.25) is 0 Å². The van der Waals surface area contributed by atoms with Gasteiger partial charge in [0.25, 0.3) is 0 Å². The summed E-state index contributed by atoms with van der Waals surface area (Å²) < 4.78 is 0. The number of aliphatic hydroxyl groups is 1. The SMILES string of the molecule is Cc1ccc(C(C)(N)O)cc1C. The first-order valence-corrected chi connectivity index (χ1v) is 4.00. The quantitative estimate of drug-likeness (QED) is 0.618. The fourth-order valence-electron chi connectivity index (χ4n) is 1.06. The van der Waals surface area contributed by atoms with Gasteiger partial charge in [-0.05, 0) is 37.5 Å². The second-order valence-corrected chi connectivity index (χ2v) is 3.45. The minimum absolute atomic E-state index is 0.755. The first-order chi connectivity index (χ1) is 5.41. The van der Waals surface area contributed by atoms with Gasteiger partial charge >= 0.3 is 0 Å². The molecule has 0 aliphatic heterocycles. The van der Waals surface area contributed by atoms with E-state index in [0.717, 1.165) is 11.1 Å². The molecule has 0 amide bonds. The van der Waals surface area contributed by atoms with Crippen molar-refractivity contribution in [2.24, 2.45) is 5.73 Å². The van der Waals surface area contributed by atoms with Crippen molar-refractivity contribution in [1.29, 1.82) is 0 Å². The molecule has 1 atom stereocenters. The lowest BCUT2D eigenvalue weighted by Crippen LogP contribution is -2.32. The molecule has 1 unspecified atom stereocenters. The molecular weight excluding hydrogens is 150 g/mol. The molecular formula is C10H15NO. The van der Waals surface area contributed by atoms with Crippen LogP contribution >= 0.6 is 0 Å². The number of hydrogen-bond acceptors (Lipinski definition) is 2. The highest BCUT2D eigenvalue weighted by atomic mass is 16.3. The van der Waals surface area contributed by atoms with E-state index in [0.29, 0.717) is 0 Å². The van der Waals surface area contributed by atoms with E-state index >= 15 is 0 Å². The van der Waals surface area contributed by atoms with Gasteiger partial charge in [-0.1, -0.05) is 18.2 Å². The molecule has 0 spiro atoms. The summed E-state index contributed by atoms with van der Waals surface area (Å²) in [4.78, 5) is 0. The summed E-state index contributed by atoms with van der Waals surface area (Å²) in [6, 6.07) is 5.73. The van der Waals surface area contributed by atoms with Crippen molar-refractivity contribution in [3.8, 4) is 0 Å². The van der Waals surface area contributed by atoms with Crippen LogP contribution in [0.3, 0.4) is 0 Å². The topological polar surface area (TPSA) is 46.2 Å². The number of benzene rings is 1. The van der Waals surface area contributed by atoms with Gasteiger partial charge in [-0.2, -0.15) is 0 Å². The Morgan fingerprint density at radius 3 is 2.25 bits per heavy atom. The highest BCUT2D eigenvalue weighted by Gasteiger charge is 2.16. The third-order valence-corrected chi connectivity index (χ3v) is 2.09. The van der Waals surface area contributed by atoms with Crippen molar-refractivity contribution in [1.82, 2.24) is 0 Å². The fourth-order valence-corrected chi connectivity index (χ4v) is 1.06. The van der Waals surface area contributed by atoms with E-state index in [4.69, 9.17) is 5.73 Å². The maximum atomic E-state index is 9.48. The standard InChI is InChI=1S/C10H15NO/c1-7-4-5-9(6-8(7)2)10(3,11)12/h4-6,12H,11H2,1-3H3. The molecule has 2 heteroatoms. The van der Waals surface area contributed by atoms with Crippen LogP contribution < -0.4 is 5.73 Å². The molecule has 0 heterocycles. The molecule has 12 heavy (non-hydrogen) atoms. The van der Waals surface area contributed by atoms with E-state index in [1.807, 2.05) is 32.0 Å². The Balaban J connectivity index is 3.14. The Labute approximate surface area is 73.0 Å². The zero-order chi connectivity index (χ0) is 9.35. The van der Waals surface area contributed by atoms with Crippen LogP contribution in [-0.2, 0) is 5.72 Å². The van der Waals surface area contributed by atoms with Crippen molar-refractivity contribution >= 4 is 0 Å². The molecule has 0 aliphatic rings. The summed E-state index contributed by atoms with van der Waals surface area (Å²) in [6.45, 7) is 5.62. The normalized spacial score (nSPS) is 15.8. The zero-order valence-corrected chi connectivity index (χ0v) is 7.76. The van der Waals surface area contributed by atoms with E-state index in [2.05, 4.69) is 0 Å². The van der Waals surface area contributed by atoms with Crippen LogP contribution in [-0.4, -0.2) is 5.11 Å².